The minimum atomic E-state index is 0.672. The van der Waals surface area contributed by atoms with Gasteiger partial charge in [0.25, 0.3) is 0 Å². The summed E-state index contributed by atoms with van der Waals surface area (Å²) in [5.41, 5.74) is 0.991. The molecule has 0 fully saturated rings. The van der Waals surface area contributed by atoms with E-state index < -0.39 is 0 Å². The Morgan fingerprint density at radius 3 is 3.06 bits per heavy atom. The number of anilines is 1. The van der Waals surface area contributed by atoms with Crippen LogP contribution in [0.3, 0.4) is 0 Å². The highest BCUT2D eigenvalue weighted by Gasteiger charge is 2.05. The number of imidazole rings is 1. The molecule has 1 heterocycles. The quantitative estimate of drug-likeness (QED) is 0.868. The molecular weight excluding hydrogens is 302 g/mol. The van der Waals surface area contributed by atoms with Gasteiger partial charge in [0.2, 0.25) is 5.95 Å². The maximum Gasteiger partial charge on any atom is 0.207 e. The number of rotatable bonds is 4. The maximum absolute atomic E-state index is 5.96. The van der Waals surface area contributed by atoms with Crippen LogP contribution in [-0.2, 0) is 0 Å². The highest BCUT2D eigenvalue weighted by Crippen LogP contribution is 2.26. The average Bonchev–Trinajstić information content (AvgIpc) is 2.78. The maximum atomic E-state index is 5.96. The van der Waals surface area contributed by atoms with Gasteiger partial charge in [0, 0.05) is 29.1 Å². The molecule has 0 saturated heterocycles. The van der Waals surface area contributed by atoms with Gasteiger partial charge in [-0.2, -0.15) is 0 Å². The molecular formula is C12H11BrClN3. The standard InChI is InChI=1S/C12H11BrClN3/c1-2-5-15-12-16-6-7-17(12)9-3-4-11(14)10(13)8-9/h2-4,6-8H,1,5H2,(H,15,16). The predicted molar refractivity (Wildman–Crippen MR) is 75.0 cm³/mol. The van der Waals surface area contributed by atoms with Crippen molar-refractivity contribution >= 4 is 33.5 Å². The third kappa shape index (κ3) is 2.70. The first-order chi connectivity index (χ1) is 8.22. The molecule has 1 N–H and O–H groups in total. The molecule has 88 valence electrons. The number of hydrogen-bond acceptors (Lipinski definition) is 2. The molecule has 0 aliphatic rings. The molecule has 0 bridgehead atoms. The summed E-state index contributed by atoms with van der Waals surface area (Å²) < 4.78 is 2.81. The van der Waals surface area contributed by atoms with Gasteiger partial charge in [0.15, 0.2) is 0 Å². The number of aromatic nitrogens is 2. The Bertz CT molecular complexity index is 536. The van der Waals surface area contributed by atoms with Crippen molar-refractivity contribution in [3.05, 3.63) is 52.7 Å². The summed E-state index contributed by atoms with van der Waals surface area (Å²) >= 11 is 9.37. The molecule has 0 unspecified atom stereocenters. The van der Waals surface area contributed by atoms with Gasteiger partial charge < -0.3 is 5.32 Å². The van der Waals surface area contributed by atoms with Gasteiger partial charge in [-0.1, -0.05) is 17.7 Å². The highest BCUT2D eigenvalue weighted by molar-refractivity contribution is 9.10. The lowest BCUT2D eigenvalue weighted by Gasteiger charge is -2.09. The van der Waals surface area contributed by atoms with Crippen LogP contribution in [0.4, 0.5) is 5.95 Å². The topological polar surface area (TPSA) is 29.9 Å². The first-order valence-corrected chi connectivity index (χ1v) is 6.23. The van der Waals surface area contributed by atoms with Crippen LogP contribution in [0, 0.1) is 0 Å². The van der Waals surface area contributed by atoms with E-state index in [0.29, 0.717) is 11.6 Å². The van der Waals surface area contributed by atoms with Crippen molar-refractivity contribution < 1.29 is 0 Å². The van der Waals surface area contributed by atoms with E-state index in [0.717, 1.165) is 16.1 Å². The minimum Gasteiger partial charge on any atom is -0.352 e. The smallest absolute Gasteiger partial charge is 0.207 e. The highest BCUT2D eigenvalue weighted by atomic mass is 79.9. The summed E-state index contributed by atoms with van der Waals surface area (Å²) in [5, 5.41) is 3.85. The Labute approximate surface area is 113 Å². The third-order valence-electron chi connectivity index (χ3n) is 2.23. The second kappa shape index (κ2) is 5.38. The van der Waals surface area contributed by atoms with Gasteiger partial charge >= 0.3 is 0 Å². The zero-order chi connectivity index (χ0) is 12.3. The Balaban J connectivity index is 2.35. The van der Waals surface area contributed by atoms with E-state index in [1.54, 1.807) is 12.3 Å². The molecule has 1 aromatic carbocycles. The van der Waals surface area contributed by atoms with E-state index >= 15 is 0 Å². The Hall–Kier alpha value is -1.26. The van der Waals surface area contributed by atoms with Crippen molar-refractivity contribution in [3.8, 4) is 5.69 Å². The third-order valence-corrected chi connectivity index (χ3v) is 3.44. The number of halogens is 2. The van der Waals surface area contributed by atoms with Gasteiger partial charge in [-0.3, -0.25) is 4.57 Å². The van der Waals surface area contributed by atoms with E-state index in [-0.39, 0.29) is 0 Å². The van der Waals surface area contributed by atoms with E-state index in [1.165, 1.54) is 0 Å². The number of benzene rings is 1. The lowest BCUT2D eigenvalue weighted by atomic mass is 10.3. The van der Waals surface area contributed by atoms with Gasteiger partial charge in [-0.15, -0.1) is 6.58 Å². The average molecular weight is 313 g/mol. The van der Waals surface area contributed by atoms with Crippen LogP contribution in [0.1, 0.15) is 0 Å². The monoisotopic (exact) mass is 311 g/mol. The van der Waals surface area contributed by atoms with Crippen LogP contribution in [0.15, 0.2) is 47.7 Å². The lowest BCUT2D eigenvalue weighted by molar-refractivity contribution is 1.04. The van der Waals surface area contributed by atoms with Gasteiger partial charge in [-0.25, -0.2) is 4.98 Å². The fourth-order valence-electron chi connectivity index (χ4n) is 1.44. The molecule has 0 saturated carbocycles. The van der Waals surface area contributed by atoms with Crippen molar-refractivity contribution in [2.45, 2.75) is 0 Å². The molecule has 0 aliphatic carbocycles. The molecule has 1 aromatic heterocycles. The molecule has 0 radical (unpaired) electrons. The molecule has 0 aliphatic heterocycles. The molecule has 2 aromatic rings. The summed E-state index contributed by atoms with van der Waals surface area (Å²) in [7, 11) is 0. The van der Waals surface area contributed by atoms with Crippen molar-refractivity contribution in [2.24, 2.45) is 0 Å². The summed E-state index contributed by atoms with van der Waals surface area (Å²) in [6, 6.07) is 5.73. The number of nitrogens with zero attached hydrogens (tertiary/aromatic N) is 2. The van der Waals surface area contributed by atoms with E-state index in [2.05, 4.69) is 32.8 Å². The van der Waals surface area contributed by atoms with Crippen LogP contribution in [0.25, 0.3) is 5.69 Å². The molecule has 2 rings (SSSR count). The molecule has 0 atom stereocenters. The second-order valence-electron chi connectivity index (χ2n) is 3.39. The minimum absolute atomic E-state index is 0.672. The fraction of sp³-hybridized carbons (Fsp3) is 0.0833. The summed E-state index contributed by atoms with van der Waals surface area (Å²) in [6.45, 7) is 4.34. The number of nitrogens with one attached hydrogen (secondary N) is 1. The lowest BCUT2D eigenvalue weighted by Crippen LogP contribution is -2.05. The summed E-state index contributed by atoms with van der Waals surface area (Å²) in [4.78, 5) is 4.24. The summed E-state index contributed by atoms with van der Waals surface area (Å²) in [5.74, 6) is 0.777. The van der Waals surface area contributed by atoms with Gasteiger partial charge in [0.1, 0.15) is 0 Å². The van der Waals surface area contributed by atoms with E-state index in [9.17, 15) is 0 Å². The fourth-order valence-corrected chi connectivity index (χ4v) is 1.93. The zero-order valence-electron chi connectivity index (χ0n) is 9.03. The Morgan fingerprint density at radius 2 is 2.35 bits per heavy atom. The number of hydrogen-bond donors (Lipinski definition) is 1. The van der Waals surface area contributed by atoms with Crippen molar-refractivity contribution in [1.29, 1.82) is 0 Å². The van der Waals surface area contributed by atoms with Crippen LogP contribution < -0.4 is 5.32 Å². The van der Waals surface area contributed by atoms with Crippen LogP contribution in [0.2, 0.25) is 5.02 Å². The summed E-state index contributed by atoms with van der Waals surface area (Å²) in [6.07, 6.45) is 5.42. The van der Waals surface area contributed by atoms with Crippen molar-refractivity contribution in [2.75, 3.05) is 11.9 Å². The van der Waals surface area contributed by atoms with Crippen LogP contribution >= 0.6 is 27.5 Å². The van der Waals surface area contributed by atoms with Crippen LogP contribution in [-0.4, -0.2) is 16.1 Å². The Kier molecular flexibility index (Phi) is 3.86. The molecule has 3 nitrogen and oxygen atoms in total. The van der Waals surface area contributed by atoms with E-state index in [1.807, 2.05) is 29.0 Å². The van der Waals surface area contributed by atoms with E-state index in [4.69, 9.17) is 11.6 Å². The first-order valence-electron chi connectivity index (χ1n) is 5.06. The second-order valence-corrected chi connectivity index (χ2v) is 4.65. The Morgan fingerprint density at radius 1 is 1.53 bits per heavy atom. The van der Waals surface area contributed by atoms with Crippen molar-refractivity contribution in [1.82, 2.24) is 9.55 Å². The molecule has 0 amide bonds. The normalized spacial score (nSPS) is 10.2. The molecule has 0 spiro atoms. The van der Waals surface area contributed by atoms with Gasteiger partial charge in [0.05, 0.1) is 5.02 Å². The van der Waals surface area contributed by atoms with Crippen LogP contribution in [0.5, 0.6) is 0 Å². The zero-order valence-corrected chi connectivity index (χ0v) is 11.4. The molecule has 17 heavy (non-hydrogen) atoms. The van der Waals surface area contributed by atoms with Crippen molar-refractivity contribution in [3.63, 3.8) is 0 Å². The largest absolute Gasteiger partial charge is 0.352 e. The molecule has 5 heteroatoms. The first kappa shape index (κ1) is 12.2. The predicted octanol–water partition coefficient (Wildman–Crippen LogP) is 3.89. The van der Waals surface area contributed by atoms with Gasteiger partial charge in [-0.05, 0) is 34.1 Å². The SMILES string of the molecule is C=CCNc1nccn1-c1ccc(Cl)c(Br)c1.